The van der Waals surface area contributed by atoms with Gasteiger partial charge in [-0.2, -0.15) is 0 Å². The first-order valence-electron chi connectivity index (χ1n) is 5.77. The summed E-state index contributed by atoms with van der Waals surface area (Å²) in [6.07, 6.45) is 0.509. The molecule has 1 aliphatic rings. The van der Waals surface area contributed by atoms with Crippen LogP contribution in [0, 0.1) is 5.92 Å². The van der Waals surface area contributed by atoms with Crippen LogP contribution in [0.2, 0.25) is 0 Å². The molecular weight excluding hydrogens is 208 g/mol. The van der Waals surface area contributed by atoms with E-state index in [0.29, 0.717) is 32.5 Å². The van der Waals surface area contributed by atoms with E-state index in [1.54, 1.807) is 12.0 Å². The summed E-state index contributed by atoms with van der Waals surface area (Å²) in [6.45, 7) is 3.57. The number of carbonyl (C=O) groups excluding carboxylic acids is 1. The van der Waals surface area contributed by atoms with Crippen LogP contribution in [-0.4, -0.2) is 54.9 Å². The third-order valence-corrected chi connectivity index (χ3v) is 3.21. The molecule has 0 spiro atoms. The van der Waals surface area contributed by atoms with Gasteiger partial charge in [-0.1, -0.05) is 6.92 Å². The molecule has 0 bridgehead atoms. The van der Waals surface area contributed by atoms with Crippen LogP contribution in [0.3, 0.4) is 0 Å². The lowest BCUT2D eigenvalue weighted by Crippen LogP contribution is -2.46. The molecule has 0 aliphatic carbocycles. The highest BCUT2D eigenvalue weighted by atomic mass is 16.5. The van der Waals surface area contributed by atoms with Crippen molar-refractivity contribution in [3.8, 4) is 0 Å². The molecule has 1 aliphatic heterocycles. The maximum Gasteiger partial charge on any atom is 0.225 e. The molecule has 0 saturated carbocycles. The van der Waals surface area contributed by atoms with Crippen LogP contribution in [0.15, 0.2) is 0 Å². The maximum absolute atomic E-state index is 11.9. The molecule has 5 heteroatoms. The number of methoxy groups -OCH3 is 1. The Bertz CT molecular complexity index is 231. The van der Waals surface area contributed by atoms with Gasteiger partial charge in [-0.25, -0.2) is 0 Å². The second-order valence-electron chi connectivity index (χ2n) is 4.47. The molecule has 3 atom stereocenters. The summed E-state index contributed by atoms with van der Waals surface area (Å²) < 4.78 is 5.09. The van der Waals surface area contributed by atoms with Gasteiger partial charge in [0.15, 0.2) is 0 Å². The fraction of sp³-hybridized carbons (Fsp3) is 0.909. The first kappa shape index (κ1) is 13.4. The van der Waals surface area contributed by atoms with E-state index in [2.05, 4.69) is 0 Å². The number of amides is 1. The van der Waals surface area contributed by atoms with Crippen molar-refractivity contribution in [2.75, 3.05) is 26.7 Å². The van der Waals surface area contributed by atoms with Gasteiger partial charge in [0.1, 0.15) is 0 Å². The summed E-state index contributed by atoms with van der Waals surface area (Å²) in [5.74, 6) is 0.215. The van der Waals surface area contributed by atoms with Crippen LogP contribution in [-0.2, 0) is 9.53 Å². The van der Waals surface area contributed by atoms with Crippen LogP contribution < -0.4 is 5.73 Å². The Hall–Kier alpha value is -0.650. The van der Waals surface area contributed by atoms with Crippen molar-refractivity contribution in [3.63, 3.8) is 0 Å². The zero-order valence-electron chi connectivity index (χ0n) is 10.1. The van der Waals surface area contributed by atoms with Crippen molar-refractivity contribution in [2.24, 2.45) is 11.7 Å². The molecule has 0 aromatic carbocycles. The standard InChI is InChI=1S/C11H22N2O3/c1-8-7-13(4-3-10(8)14)11(15)5-9(6-12)16-2/h8-10,14H,3-7,12H2,1-2H3. The van der Waals surface area contributed by atoms with Crippen molar-refractivity contribution < 1.29 is 14.6 Å². The third kappa shape index (κ3) is 3.43. The molecule has 1 fully saturated rings. The minimum atomic E-state index is -0.281. The Kier molecular flexibility index (Phi) is 5.18. The van der Waals surface area contributed by atoms with E-state index >= 15 is 0 Å². The number of ether oxygens (including phenoxy) is 1. The second-order valence-corrected chi connectivity index (χ2v) is 4.47. The zero-order valence-corrected chi connectivity index (χ0v) is 10.1. The highest BCUT2D eigenvalue weighted by molar-refractivity contribution is 5.76. The molecule has 1 heterocycles. The van der Waals surface area contributed by atoms with Crippen LogP contribution in [0.5, 0.6) is 0 Å². The molecule has 1 rings (SSSR count). The molecule has 0 aromatic heterocycles. The summed E-state index contributed by atoms with van der Waals surface area (Å²) >= 11 is 0. The largest absolute Gasteiger partial charge is 0.393 e. The fourth-order valence-corrected chi connectivity index (χ4v) is 1.95. The molecule has 1 amide bonds. The van der Waals surface area contributed by atoms with Gasteiger partial charge in [0.2, 0.25) is 5.91 Å². The summed E-state index contributed by atoms with van der Waals surface area (Å²) in [4.78, 5) is 13.7. The number of piperidine rings is 1. The van der Waals surface area contributed by atoms with Gasteiger partial charge >= 0.3 is 0 Å². The van der Waals surface area contributed by atoms with Crippen molar-refractivity contribution in [1.29, 1.82) is 0 Å². The normalized spacial score (nSPS) is 27.9. The van der Waals surface area contributed by atoms with Gasteiger partial charge in [-0.05, 0) is 12.3 Å². The number of nitrogens with zero attached hydrogens (tertiary/aromatic N) is 1. The quantitative estimate of drug-likeness (QED) is 0.688. The SMILES string of the molecule is COC(CN)CC(=O)N1CCC(O)C(C)C1. The van der Waals surface area contributed by atoms with E-state index in [-0.39, 0.29) is 24.0 Å². The minimum absolute atomic E-state index is 0.0658. The number of aliphatic hydroxyl groups excluding tert-OH is 1. The number of hydrogen-bond donors (Lipinski definition) is 2. The molecule has 94 valence electrons. The van der Waals surface area contributed by atoms with Gasteiger partial charge in [-0.3, -0.25) is 4.79 Å². The van der Waals surface area contributed by atoms with Crippen LogP contribution in [0.4, 0.5) is 0 Å². The van der Waals surface area contributed by atoms with Gasteiger partial charge in [0.25, 0.3) is 0 Å². The molecular formula is C11H22N2O3. The highest BCUT2D eigenvalue weighted by Gasteiger charge is 2.27. The number of carbonyl (C=O) groups is 1. The average molecular weight is 230 g/mol. The Morgan fingerprint density at radius 3 is 2.88 bits per heavy atom. The van der Waals surface area contributed by atoms with E-state index < -0.39 is 0 Å². The lowest BCUT2D eigenvalue weighted by molar-refractivity contribution is -0.137. The molecule has 0 radical (unpaired) electrons. The Morgan fingerprint density at radius 2 is 2.38 bits per heavy atom. The van der Waals surface area contributed by atoms with Crippen LogP contribution in [0.25, 0.3) is 0 Å². The number of hydrogen-bond acceptors (Lipinski definition) is 4. The van der Waals surface area contributed by atoms with Crippen molar-refractivity contribution >= 4 is 5.91 Å². The lowest BCUT2D eigenvalue weighted by Gasteiger charge is -2.35. The Balaban J connectivity index is 2.42. The maximum atomic E-state index is 11.9. The molecule has 3 N–H and O–H groups in total. The number of nitrogens with two attached hydrogens (primary N) is 1. The van der Waals surface area contributed by atoms with E-state index in [9.17, 15) is 9.90 Å². The zero-order chi connectivity index (χ0) is 12.1. The average Bonchev–Trinajstić information content (AvgIpc) is 2.29. The minimum Gasteiger partial charge on any atom is -0.393 e. The van der Waals surface area contributed by atoms with Crippen molar-refractivity contribution in [3.05, 3.63) is 0 Å². The van der Waals surface area contributed by atoms with E-state index in [1.165, 1.54) is 0 Å². The van der Waals surface area contributed by atoms with Crippen molar-refractivity contribution in [2.45, 2.75) is 32.0 Å². The summed E-state index contributed by atoms with van der Waals surface area (Å²) in [7, 11) is 1.56. The van der Waals surface area contributed by atoms with E-state index in [0.717, 1.165) is 0 Å². The molecule has 5 nitrogen and oxygen atoms in total. The van der Waals surface area contributed by atoms with Gasteiger partial charge in [0.05, 0.1) is 18.6 Å². The number of rotatable bonds is 4. The van der Waals surface area contributed by atoms with E-state index in [1.807, 2.05) is 6.92 Å². The number of aliphatic hydroxyl groups is 1. The summed E-state index contributed by atoms with van der Waals surface area (Å²) in [6, 6.07) is 0. The third-order valence-electron chi connectivity index (χ3n) is 3.21. The predicted molar refractivity (Wildman–Crippen MR) is 60.8 cm³/mol. The second kappa shape index (κ2) is 6.18. The smallest absolute Gasteiger partial charge is 0.225 e. The number of likely N-dealkylation sites (tertiary alicyclic amines) is 1. The monoisotopic (exact) mass is 230 g/mol. The Morgan fingerprint density at radius 1 is 1.69 bits per heavy atom. The fourth-order valence-electron chi connectivity index (χ4n) is 1.95. The summed E-state index contributed by atoms with van der Waals surface area (Å²) in [5, 5.41) is 9.57. The van der Waals surface area contributed by atoms with Gasteiger partial charge < -0.3 is 20.5 Å². The first-order chi connectivity index (χ1) is 7.58. The van der Waals surface area contributed by atoms with Crippen LogP contribution in [0.1, 0.15) is 19.8 Å². The van der Waals surface area contributed by atoms with Crippen molar-refractivity contribution in [1.82, 2.24) is 4.90 Å². The lowest BCUT2D eigenvalue weighted by atomic mass is 9.96. The first-order valence-corrected chi connectivity index (χ1v) is 5.77. The van der Waals surface area contributed by atoms with E-state index in [4.69, 9.17) is 10.5 Å². The Labute approximate surface area is 96.6 Å². The van der Waals surface area contributed by atoms with Gasteiger partial charge in [-0.15, -0.1) is 0 Å². The van der Waals surface area contributed by atoms with Gasteiger partial charge in [0, 0.05) is 26.7 Å². The molecule has 16 heavy (non-hydrogen) atoms. The molecule has 1 saturated heterocycles. The molecule has 3 unspecified atom stereocenters. The van der Waals surface area contributed by atoms with Crippen LogP contribution >= 0.6 is 0 Å². The topological polar surface area (TPSA) is 75.8 Å². The predicted octanol–water partition coefficient (Wildman–Crippen LogP) is -0.420. The summed E-state index contributed by atoms with van der Waals surface area (Å²) in [5.41, 5.74) is 5.47. The molecule has 0 aromatic rings. The highest BCUT2D eigenvalue weighted by Crippen LogP contribution is 2.17.